The number of benzene rings is 1. The van der Waals surface area contributed by atoms with E-state index in [0.717, 1.165) is 5.69 Å². The molecule has 3 N–H and O–H groups in total. The Labute approximate surface area is 159 Å². The maximum absolute atomic E-state index is 10.3. The Morgan fingerprint density at radius 1 is 1.26 bits per heavy atom. The molecule has 0 spiro atoms. The first kappa shape index (κ1) is 18.1. The summed E-state index contributed by atoms with van der Waals surface area (Å²) in [7, 11) is 1.48. The summed E-state index contributed by atoms with van der Waals surface area (Å²) in [6.07, 6.45) is -0.0835. The van der Waals surface area contributed by atoms with Gasteiger partial charge in [-0.2, -0.15) is 0 Å². The zero-order valence-corrected chi connectivity index (χ0v) is 15.1. The van der Waals surface area contributed by atoms with E-state index in [1.54, 1.807) is 23.0 Å². The highest BCUT2D eigenvalue weighted by Gasteiger charge is 2.45. The van der Waals surface area contributed by atoms with Gasteiger partial charge in [-0.15, -0.1) is 0 Å². The second-order valence-corrected chi connectivity index (χ2v) is 6.55. The molecule has 0 amide bonds. The lowest BCUT2D eigenvalue weighted by Crippen LogP contribution is -2.34. The summed E-state index contributed by atoms with van der Waals surface area (Å²) in [6, 6.07) is 7.20. The lowest BCUT2D eigenvalue weighted by Gasteiger charge is -2.19. The first-order valence-corrected chi connectivity index (χ1v) is 8.67. The molecule has 27 heavy (non-hydrogen) atoms. The van der Waals surface area contributed by atoms with Crippen LogP contribution in [0.3, 0.4) is 0 Å². The monoisotopic (exact) mass is 391 g/mol. The Kier molecular flexibility index (Phi) is 4.94. The SMILES string of the molecule is COC1C(O)[C@@H](CO)O[C@H]1n1cnc2c(Nc3ccc(Cl)cc3)ncnc21. The normalized spacial score (nSPS) is 25.2. The molecule has 0 radical (unpaired) electrons. The molecule has 3 heterocycles. The molecule has 1 aromatic carbocycles. The van der Waals surface area contributed by atoms with Crippen LogP contribution in [0.15, 0.2) is 36.9 Å². The molecule has 10 heteroatoms. The number of rotatable bonds is 5. The number of aromatic nitrogens is 4. The fourth-order valence-electron chi connectivity index (χ4n) is 3.15. The number of imidazole rings is 1. The minimum Gasteiger partial charge on any atom is -0.394 e. The molecule has 0 saturated carbocycles. The van der Waals surface area contributed by atoms with Crippen LogP contribution >= 0.6 is 11.6 Å². The smallest absolute Gasteiger partial charge is 0.167 e. The van der Waals surface area contributed by atoms with Gasteiger partial charge in [0.1, 0.15) is 24.6 Å². The van der Waals surface area contributed by atoms with Crippen LogP contribution in [0.25, 0.3) is 11.2 Å². The van der Waals surface area contributed by atoms with Gasteiger partial charge in [0.15, 0.2) is 23.2 Å². The van der Waals surface area contributed by atoms with Gasteiger partial charge in [-0.05, 0) is 24.3 Å². The Balaban J connectivity index is 1.69. The van der Waals surface area contributed by atoms with Gasteiger partial charge in [0, 0.05) is 17.8 Å². The van der Waals surface area contributed by atoms with E-state index in [-0.39, 0.29) is 6.61 Å². The summed E-state index contributed by atoms with van der Waals surface area (Å²) in [6.45, 7) is -0.317. The van der Waals surface area contributed by atoms with E-state index < -0.39 is 24.5 Å². The number of nitrogens with one attached hydrogen (secondary N) is 1. The zero-order valence-electron chi connectivity index (χ0n) is 14.4. The number of fused-ring (bicyclic) bond motifs is 1. The molecule has 3 aromatic rings. The maximum atomic E-state index is 10.3. The summed E-state index contributed by atoms with van der Waals surface area (Å²) in [5.74, 6) is 0.521. The Hall–Kier alpha value is -2.30. The lowest BCUT2D eigenvalue weighted by atomic mass is 10.1. The minimum atomic E-state index is -0.962. The van der Waals surface area contributed by atoms with Gasteiger partial charge in [0.05, 0.1) is 12.9 Å². The van der Waals surface area contributed by atoms with Gasteiger partial charge in [-0.25, -0.2) is 15.0 Å². The standard InChI is InChI=1S/C17H18ClN5O4/c1-26-14-13(25)11(6-24)27-17(14)23-8-21-12-15(19-7-20-16(12)23)22-10-4-2-9(18)3-5-10/h2-5,7-8,11,13-14,17,24-25H,6H2,1H3,(H,19,20,22)/t11-,13?,14?,17-/m1/s1. The molecule has 1 saturated heterocycles. The summed E-state index contributed by atoms with van der Waals surface area (Å²) in [5.41, 5.74) is 1.85. The summed E-state index contributed by atoms with van der Waals surface area (Å²) in [4.78, 5) is 12.9. The van der Waals surface area contributed by atoms with Crippen molar-refractivity contribution in [2.75, 3.05) is 19.0 Å². The van der Waals surface area contributed by atoms with Gasteiger partial charge in [0.25, 0.3) is 0 Å². The van der Waals surface area contributed by atoms with Crippen molar-refractivity contribution in [3.8, 4) is 0 Å². The van der Waals surface area contributed by atoms with Crippen LogP contribution in [0.4, 0.5) is 11.5 Å². The number of ether oxygens (including phenoxy) is 2. The van der Waals surface area contributed by atoms with Crippen molar-refractivity contribution in [2.24, 2.45) is 0 Å². The molecule has 9 nitrogen and oxygen atoms in total. The fraction of sp³-hybridized carbons (Fsp3) is 0.353. The van der Waals surface area contributed by atoms with Gasteiger partial charge in [0.2, 0.25) is 0 Å². The molecular weight excluding hydrogens is 374 g/mol. The highest BCUT2D eigenvalue weighted by molar-refractivity contribution is 6.30. The van der Waals surface area contributed by atoms with Crippen molar-refractivity contribution in [3.63, 3.8) is 0 Å². The molecule has 4 atom stereocenters. The second-order valence-electron chi connectivity index (χ2n) is 6.12. The van der Waals surface area contributed by atoms with E-state index in [2.05, 4.69) is 20.3 Å². The molecule has 1 aliphatic heterocycles. The largest absolute Gasteiger partial charge is 0.394 e. The molecule has 142 valence electrons. The highest BCUT2D eigenvalue weighted by Crippen LogP contribution is 2.34. The molecular formula is C17H18ClN5O4. The topological polar surface area (TPSA) is 115 Å². The summed E-state index contributed by atoms with van der Waals surface area (Å²) in [5, 5.41) is 23.5. The predicted octanol–water partition coefficient (Wildman–Crippen LogP) is 1.49. The molecule has 0 bridgehead atoms. The Morgan fingerprint density at radius 3 is 2.74 bits per heavy atom. The van der Waals surface area contributed by atoms with Crippen molar-refractivity contribution >= 4 is 34.3 Å². The number of aliphatic hydroxyl groups is 2. The number of hydrogen-bond donors (Lipinski definition) is 3. The summed E-state index contributed by atoms with van der Waals surface area (Å²) >= 11 is 5.92. The van der Waals surface area contributed by atoms with Crippen molar-refractivity contribution < 1.29 is 19.7 Å². The quantitative estimate of drug-likeness (QED) is 0.599. The number of nitrogens with zero attached hydrogens (tertiary/aromatic N) is 4. The Bertz CT molecular complexity index is 935. The number of hydrogen-bond acceptors (Lipinski definition) is 8. The number of anilines is 2. The van der Waals surface area contributed by atoms with E-state index in [4.69, 9.17) is 21.1 Å². The molecule has 4 rings (SSSR count). The van der Waals surface area contributed by atoms with E-state index >= 15 is 0 Å². The highest BCUT2D eigenvalue weighted by atomic mass is 35.5. The van der Waals surface area contributed by atoms with E-state index in [0.29, 0.717) is 22.0 Å². The third-order valence-corrected chi connectivity index (χ3v) is 4.76. The Morgan fingerprint density at radius 2 is 2.04 bits per heavy atom. The van der Waals surface area contributed by atoms with Crippen LogP contribution in [-0.4, -0.2) is 61.8 Å². The van der Waals surface area contributed by atoms with E-state index in [1.807, 2.05) is 12.1 Å². The van der Waals surface area contributed by atoms with Crippen LogP contribution in [0.1, 0.15) is 6.23 Å². The fourth-order valence-corrected chi connectivity index (χ4v) is 3.27. The predicted molar refractivity (Wildman–Crippen MR) is 97.9 cm³/mol. The molecule has 2 aromatic heterocycles. The number of halogens is 1. The van der Waals surface area contributed by atoms with Crippen LogP contribution < -0.4 is 5.32 Å². The third kappa shape index (κ3) is 3.24. The second kappa shape index (κ2) is 7.37. The van der Waals surface area contributed by atoms with Crippen molar-refractivity contribution in [1.29, 1.82) is 0 Å². The lowest BCUT2D eigenvalue weighted by molar-refractivity contribution is -0.0583. The maximum Gasteiger partial charge on any atom is 0.167 e. The van der Waals surface area contributed by atoms with Crippen LogP contribution in [0.2, 0.25) is 5.02 Å². The molecule has 1 fully saturated rings. The average molecular weight is 392 g/mol. The van der Waals surface area contributed by atoms with E-state index in [1.165, 1.54) is 13.4 Å². The first-order chi connectivity index (χ1) is 13.1. The molecule has 1 aliphatic rings. The third-order valence-electron chi connectivity index (χ3n) is 4.50. The summed E-state index contributed by atoms with van der Waals surface area (Å²) < 4.78 is 12.8. The van der Waals surface area contributed by atoms with Gasteiger partial charge in [-0.3, -0.25) is 4.57 Å². The van der Waals surface area contributed by atoms with Crippen LogP contribution in [0, 0.1) is 0 Å². The van der Waals surface area contributed by atoms with Gasteiger partial charge in [-0.1, -0.05) is 11.6 Å². The van der Waals surface area contributed by atoms with Crippen molar-refractivity contribution in [3.05, 3.63) is 41.9 Å². The van der Waals surface area contributed by atoms with Crippen molar-refractivity contribution in [1.82, 2.24) is 19.5 Å². The van der Waals surface area contributed by atoms with Gasteiger partial charge >= 0.3 is 0 Å². The van der Waals surface area contributed by atoms with Crippen molar-refractivity contribution in [2.45, 2.75) is 24.5 Å². The number of aliphatic hydroxyl groups excluding tert-OH is 2. The zero-order chi connectivity index (χ0) is 19.0. The van der Waals surface area contributed by atoms with Crippen LogP contribution in [0.5, 0.6) is 0 Å². The van der Waals surface area contributed by atoms with Gasteiger partial charge < -0.3 is 25.0 Å². The molecule has 2 unspecified atom stereocenters. The average Bonchev–Trinajstić information content (AvgIpc) is 3.24. The molecule has 0 aliphatic carbocycles. The van der Waals surface area contributed by atoms with Crippen LogP contribution in [-0.2, 0) is 9.47 Å². The minimum absolute atomic E-state index is 0.317. The first-order valence-electron chi connectivity index (χ1n) is 8.29. The van der Waals surface area contributed by atoms with E-state index in [9.17, 15) is 10.2 Å². The number of methoxy groups -OCH3 is 1.